The van der Waals surface area contributed by atoms with Crippen molar-refractivity contribution in [3.05, 3.63) is 47.8 Å². The zero-order valence-electron chi connectivity index (χ0n) is 13.6. The van der Waals surface area contributed by atoms with Gasteiger partial charge >= 0.3 is 0 Å². The lowest BCUT2D eigenvalue weighted by Crippen LogP contribution is -2.37. The average Bonchev–Trinajstić information content (AvgIpc) is 2.90. The topological polar surface area (TPSA) is 50.1 Å². The number of para-hydroxylation sites is 1. The van der Waals surface area contributed by atoms with Crippen molar-refractivity contribution >= 4 is 0 Å². The highest BCUT2D eigenvalue weighted by molar-refractivity contribution is 5.34. The molecule has 1 aromatic carbocycles. The predicted octanol–water partition coefficient (Wildman–Crippen LogP) is 3.18. The second-order valence-corrected chi connectivity index (χ2v) is 6.39. The fourth-order valence-corrected chi connectivity index (χ4v) is 3.40. The molecule has 1 aliphatic carbocycles. The number of aromatic nitrogens is 2. The van der Waals surface area contributed by atoms with Crippen LogP contribution in [-0.4, -0.2) is 27.5 Å². The Morgan fingerprint density at radius 2 is 1.88 bits per heavy atom. The van der Waals surface area contributed by atoms with Crippen LogP contribution in [0.25, 0.3) is 5.69 Å². The highest BCUT2D eigenvalue weighted by Crippen LogP contribution is 2.23. The van der Waals surface area contributed by atoms with Crippen LogP contribution in [0.3, 0.4) is 0 Å². The number of hydrogen-bond acceptors (Lipinski definition) is 3. The molecule has 2 aromatic rings. The van der Waals surface area contributed by atoms with Crippen LogP contribution in [0.15, 0.2) is 30.5 Å². The molecule has 3 rings (SSSR count). The van der Waals surface area contributed by atoms with E-state index < -0.39 is 11.6 Å². The fraction of sp³-hybridized carbons (Fsp3) is 0.500. The molecular weight excluding hydrogens is 312 g/mol. The van der Waals surface area contributed by atoms with Crippen molar-refractivity contribution in [3.63, 3.8) is 0 Å². The number of nitrogens with one attached hydrogen (secondary N) is 1. The Bertz CT molecular complexity index is 654. The molecule has 0 radical (unpaired) electrons. The van der Waals surface area contributed by atoms with E-state index in [0.29, 0.717) is 6.54 Å². The lowest BCUT2D eigenvalue weighted by atomic mass is 9.95. The maximum absolute atomic E-state index is 13.8. The molecule has 2 atom stereocenters. The van der Waals surface area contributed by atoms with Gasteiger partial charge < -0.3 is 10.4 Å². The molecule has 2 N–H and O–H groups in total. The lowest BCUT2D eigenvalue weighted by molar-refractivity contribution is 0.180. The van der Waals surface area contributed by atoms with Gasteiger partial charge in [-0.1, -0.05) is 25.3 Å². The maximum atomic E-state index is 13.8. The smallest absolute Gasteiger partial charge is 0.151 e. The number of hydrogen-bond donors (Lipinski definition) is 2. The molecule has 2 unspecified atom stereocenters. The van der Waals surface area contributed by atoms with Crippen LogP contribution in [0, 0.1) is 17.6 Å². The lowest BCUT2D eigenvalue weighted by Gasteiger charge is -2.24. The van der Waals surface area contributed by atoms with E-state index in [0.717, 1.165) is 31.4 Å². The van der Waals surface area contributed by atoms with E-state index in [4.69, 9.17) is 0 Å². The summed E-state index contributed by atoms with van der Waals surface area (Å²) >= 11 is 0. The summed E-state index contributed by atoms with van der Waals surface area (Å²) in [5.41, 5.74) is 0.560. The minimum Gasteiger partial charge on any atom is -0.396 e. The van der Waals surface area contributed by atoms with Gasteiger partial charge in [0.1, 0.15) is 5.69 Å². The van der Waals surface area contributed by atoms with Crippen LogP contribution in [0.4, 0.5) is 8.78 Å². The molecule has 0 amide bonds. The van der Waals surface area contributed by atoms with Crippen LogP contribution in [0.5, 0.6) is 0 Å². The molecule has 0 saturated heterocycles. The first-order valence-electron chi connectivity index (χ1n) is 8.52. The average molecular weight is 335 g/mol. The Morgan fingerprint density at radius 3 is 2.62 bits per heavy atom. The van der Waals surface area contributed by atoms with Gasteiger partial charge in [0.05, 0.1) is 5.69 Å². The maximum Gasteiger partial charge on any atom is 0.151 e. The van der Waals surface area contributed by atoms with E-state index in [1.54, 1.807) is 12.3 Å². The summed E-state index contributed by atoms with van der Waals surface area (Å²) in [5, 5.41) is 17.3. The van der Waals surface area contributed by atoms with Gasteiger partial charge in [-0.3, -0.25) is 0 Å². The summed E-state index contributed by atoms with van der Waals surface area (Å²) in [5.74, 6) is -1.01. The second kappa shape index (κ2) is 7.85. The van der Waals surface area contributed by atoms with E-state index in [1.807, 2.05) is 0 Å². The first kappa shape index (κ1) is 17.0. The Balaban J connectivity index is 1.68. The standard InChI is InChI=1S/C18H23F2N3O/c19-15-6-4-7-16(20)18(15)23-10-9-14(22-23)11-21-17-8-3-1-2-5-13(17)12-24/h4,6-7,9-10,13,17,21,24H,1-3,5,8,11-12H2. The number of nitrogens with zero attached hydrogens (tertiary/aromatic N) is 2. The first-order valence-corrected chi connectivity index (χ1v) is 8.52. The molecule has 0 bridgehead atoms. The molecule has 1 fully saturated rings. The van der Waals surface area contributed by atoms with Crippen molar-refractivity contribution < 1.29 is 13.9 Å². The van der Waals surface area contributed by atoms with Crippen molar-refractivity contribution in [1.82, 2.24) is 15.1 Å². The summed E-state index contributed by atoms with van der Waals surface area (Å²) in [6, 6.07) is 5.78. The Labute approximate surface area is 140 Å². The van der Waals surface area contributed by atoms with Crippen molar-refractivity contribution in [1.29, 1.82) is 0 Å². The van der Waals surface area contributed by atoms with Gasteiger partial charge in [-0.2, -0.15) is 5.10 Å². The molecule has 0 spiro atoms. The Kier molecular flexibility index (Phi) is 5.58. The van der Waals surface area contributed by atoms with Crippen LogP contribution >= 0.6 is 0 Å². The van der Waals surface area contributed by atoms with E-state index >= 15 is 0 Å². The Hall–Kier alpha value is -1.79. The third kappa shape index (κ3) is 3.82. The van der Waals surface area contributed by atoms with Crippen molar-refractivity contribution in [2.24, 2.45) is 5.92 Å². The van der Waals surface area contributed by atoms with Crippen molar-refractivity contribution in [2.75, 3.05) is 6.61 Å². The molecule has 6 heteroatoms. The van der Waals surface area contributed by atoms with Gasteiger partial charge in [0.25, 0.3) is 0 Å². The largest absolute Gasteiger partial charge is 0.396 e. The third-order valence-corrected chi connectivity index (χ3v) is 4.75. The first-order chi connectivity index (χ1) is 11.7. The highest BCUT2D eigenvalue weighted by Gasteiger charge is 2.22. The van der Waals surface area contributed by atoms with Crippen molar-refractivity contribution in [3.8, 4) is 5.69 Å². The number of aliphatic hydroxyl groups excluding tert-OH is 1. The summed E-state index contributed by atoms with van der Waals surface area (Å²) in [4.78, 5) is 0. The summed E-state index contributed by atoms with van der Waals surface area (Å²) in [6.07, 6.45) is 7.15. The van der Waals surface area contributed by atoms with Gasteiger partial charge in [-0.15, -0.1) is 0 Å². The van der Waals surface area contributed by atoms with Gasteiger partial charge in [-0.25, -0.2) is 13.5 Å². The minimum absolute atomic E-state index is 0.161. The van der Waals surface area contributed by atoms with Gasteiger partial charge in [0, 0.05) is 25.4 Å². The third-order valence-electron chi connectivity index (χ3n) is 4.75. The van der Waals surface area contributed by atoms with Crippen LogP contribution < -0.4 is 5.32 Å². The van der Waals surface area contributed by atoms with Crippen LogP contribution in [0.1, 0.15) is 37.8 Å². The molecule has 4 nitrogen and oxygen atoms in total. The SMILES string of the molecule is OCC1CCCCCC1NCc1ccn(-c2c(F)cccc2F)n1. The van der Waals surface area contributed by atoms with E-state index in [-0.39, 0.29) is 24.3 Å². The monoisotopic (exact) mass is 335 g/mol. The van der Waals surface area contributed by atoms with Gasteiger partial charge in [0.2, 0.25) is 0 Å². The molecule has 1 saturated carbocycles. The van der Waals surface area contributed by atoms with Crippen LogP contribution in [-0.2, 0) is 6.54 Å². The Morgan fingerprint density at radius 1 is 1.12 bits per heavy atom. The number of aliphatic hydroxyl groups is 1. The summed E-state index contributed by atoms with van der Waals surface area (Å²) in [6.45, 7) is 0.705. The fourth-order valence-electron chi connectivity index (χ4n) is 3.40. The van der Waals surface area contributed by atoms with Crippen molar-refractivity contribution in [2.45, 2.75) is 44.7 Å². The molecule has 1 aromatic heterocycles. The van der Waals surface area contributed by atoms with Gasteiger partial charge in [-0.05, 0) is 37.0 Å². The number of halogens is 2. The highest BCUT2D eigenvalue weighted by atomic mass is 19.1. The van der Waals surface area contributed by atoms with E-state index in [9.17, 15) is 13.9 Å². The minimum atomic E-state index is -0.637. The zero-order valence-corrected chi connectivity index (χ0v) is 13.6. The molecule has 0 aliphatic heterocycles. The molecular formula is C18H23F2N3O. The normalized spacial score (nSPS) is 21.6. The number of rotatable bonds is 5. The molecule has 1 heterocycles. The van der Waals surface area contributed by atoms with E-state index in [1.165, 1.54) is 29.3 Å². The zero-order chi connectivity index (χ0) is 16.9. The quantitative estimate of drug-likeness (QED) is 0.825. The van der Waals surface area contributed by atoms with E-state index in [2.05, 4.69) is 10.4 Å². The summed E-state index contributed by atoms with van der Waals surface area (Å²) in [7, 11) is 0. The predicted molar refractivity (Wildman–Crippen MR) is 87.8 cm³/mol. The molecule has 130 valence electrons. The molecule has 24 heavy (non-hydrogen) atoms. The van der Waals surface area contributed by atoms with Gasteiger partial charge in [0.15, 0.2) is 11.6 Å². The second-order valence-electron chi connectivity index (χ2n) is 6.39. The van der Waals surface area contributed by atoms with Crippen LogP contribution in [0.2, 0.25) is 0 Å². The molecule has 1 aliphatic rings. The summed E-state index contributed by atoms with van der Waals surface area (Å²) < 4.78 is 28.9. The number of benzene rings is 1.